The van der Waals surface area contributed by atoms with Gasteiger partial charge in [-0.05, 0) is 58.5 Å². The van der Waals surface area contributed by atoms with E-state index in [1.54, 1.807) is 11.5 Å². The van der Waals surface area contributed by atoms with Gasteiger partial charge in [0, 0.05) is 23.8 Å². The highest BCUT2D eigenvalue weighted by molar-refractivity contribution is 9.10. The minimum absolute atomic E-state index is 0.0300. The van der Waals surface area contributed by atoms with Gasteiger partial charge >= 0.3 is 0 Å². The molecule has 2 aromatic heterocycles. The molecule has 0 aliphatic rings. The van der Waals surface area contributed by atoms with E-state index in [0.29, 0.717) is 16.8 Å². The molecule has 226 valence electrons. The fourth-order valence-electron chi connectivity index (χ4n) is 3.64. The van der Waals surface area contributed by atoms with Gasteiger partial charge < -0.3 is 25.8 Å². The van der Waals surface area contributed by atoms with Gasteiger partial charge in [-0.1, -0.05) is 56.8 Å². The number of anilines is 1. The van der Waals surface area contributed by atoms with E-state index in [0.717, 1.165) is 21.5 Å². The van der Waals surface area contributed by atoms with Crippen LogP contribution in [-0.4, -0.2) is 39.2 Å². The zero-order valence-corrected chi connectivity index (χ0v) is 26.2. The lowest BCUT2D eigenvalue weighted by Gasteiger charge is -2.18. The molecule has 0 fully saturated rings. The number of nitrogens with zero attached hydrogens (tertiary/aromatic N) is 2. The minimum atomic E-state index is -1.06. The van der Waals surface area contributed by atoms with Crippen LogP contribution >= 0.6 is 27.3 Å². The lowest BCUT2D eigenvalue weighted by molar-refractivity contribution is -0.121. The van der Waals surface area contributed by atoms with Crippen LogP contribution in [0, 0.1) is 5.92 Å². The number of benzene rings is 1. The zero-order chi connectivity index (χ0) is 31.4. The van der Waals surface area contributed by atoms with E-state index in [4.69, 9.17) is 0 Å². The number of aromatic nitrogens is 2. The Kier molecular flexibility index (Phi) is 12.6. The fraction of sp³-hybridized carbons (Fsp3) is 0.267. The van der Waals surface area contributed by atoms with Crippen molar-refractivity contribution in [2.75, 3.05) is 5.32 Å². The van der Waals surface area contributed by atoms with E-state index in [9.17, 15) is 24.0 Å². The van der Waals surface area contributed by atoms with E-state index in [1.165, 1.54) is 24.4 Å². The van der Waals surface area contributed by atoms with Crippen LogP contribution in [0.5, 0.6) is 0 Å². The number of halogens is 1. The summed E-state index contributed by atoms with van der Waals surface area (Å²) in [4.78, 5) is 67.8. The predicted molar refractivity (Wildman–Crippen MR) is 169 cm³/mol. The molecule has 0 radical (unpaired) electrons. The van der Waals surface area contributed by atoms with E-state index in [1.807, 2.05) is 44.2 Å². The Hall–Kier alpha value is -4.36. The number of hydrogen-bond donors (Lipinski definition) is 4. The molecule has 0 aliphatic carbocycles. The first-order valence-corrected chi connectivity index (χ1v) is 15.1. The monoisotopic (exact) mass is 668 g/mol. The average molecular weight is 670 g/mol. The highest BCUT2D eigenvalue weighted by Crippen LogP contribution is 2.15. The molecule has 4 amide bonds. The highest BCUT2D eigenvalue weighted by Gasteiger charge is 2.23. The number of allylic oxidation sites excluding steroid dienone is 2. The normalized spacial score (nSPS) is 11.6. The molecule has 0 aliphatic heterocycles. The van der Waals surface area contributed by atoms with Crippen molar-refractivity contribution in [2.24, 2.45) is 5.92 Å². The van der Waals surface area contributed by atoms with Gasteiger partial charge in [-0.2, -0.15) is 0 Å². The molecule has 2 heterocycles. The molecule has 4 N–H and O–H groups in total. The molecule has 3 rings (SSSR count). The Morgan fingerprint density at radius 1 is 1.12 bits per heavy atom. The maximum Gasteiger partial charge on any atom is 0.280 e. The maximum absolute atomic E-state index is 13.3. The summed E-state index contributed by atoms with van der Waals surface area (Å²) >= 11 is 4.31. The van der Waals surface area contributed by atoms with Crippen molar-refractivity contribution >= 4 is 56.6 Å². The molecule has 0 saturated carbocycles. The highest BCUT2D eigenvalue weighted by atomic mass is 79.9. The molecular weight excluding hydrogens is 636 g/mol. The van der Waals surface area contributed by atoms with Gasteiger partial charge in [0.1, 0.15) is 22.9 Å². The lowest BCUT2D eigenvalue weighted by atomic mass is 10.1. The fourth-order valence-corrected chi connectivity index (χ4v) is 4.79. The van der Waals surface area contributed by atoms with Crippen molar-refractivity contribution < 1.29 is 19.2 Å². The lowest BCUT2D eigenvalue weighted by Crippen LogP contribution is -2.44. The van der Waals surface area contributed by atoms with Gasteiger partial charge in [0.15, 0.2) is 5.01 Å². The first kappa shape index (κ1) is 33.1. The van der Waals surface area contributed by atoms with Crippen molar-refractivity contribution in [3.05, 3.63) is 104 Å². The Bertz CT molecular complexity index is 1550. The third-order valence-corrected chi connectivity index (χ3v) is 7.63. The predicted octanol–water partition coefficient (Wildman–Crippen LogP) is 3.74. The number of carbonyl (C=O) groups excluding carboxylic acids is 4. The maximum atomic E-state index is 13.3. The Morgan fingerprint density at radius 3 is 2.53 bits per heavy atom. The Labute approximate surface area is 261 Å². The summed E-state index contributed by atoms with van der Waals surface area (Å²) in [7, 11) is 0. The summed E-state index contributed by atoms with van der Waals surface area (Å²) in [6, 6.07) is 11.3. The summed E-state index contributed by atoms with van der Waals surface area (Å²) < 4.78 is 1.65. The van der Waals surface area contributed by atoms with Crippen LogP contribution in [0.4, 0.5) is 5.69 Å². The number of thiazole rings is 1. The summed E-state index contributed by atoms with van der Waals surface area (Å²) in [5.41, 5.74) is 0.829. The van der Waals surface area contributed by atoms with Crippen LogP contribution in [0.15, 0.2) is 87.9 Å². The Morgan fingerprint density at radius 2 is 1.86 bits per heavy atom. The second kappa shape index (κ2) is 16.3. The van der Waals surface area contributed by atoms with Gasteiger partial charge in [0.25, 0.3) is 11.5 Å². The molecule has 0 bridgehead atoms. The quantitative estimate of drug-likeness (QED) is 0.192. The van der Waals surface area contributed by atoms with Gasteiger partial charge in [-0.15, -0.1) is 11.3 Å². The van der Waals surface area contributed by atoms with Gasteiger partial charge in [0.2, 0.25) is 17.7 Å². The van der Waals surface area contributed by atoms with Gasteiger partial charge in [-0.3, -0.25) is 24.0 Å². The number of nitrogens with one attached hydrogen (secondary N) is 4. The zero-order valence-electron chi connectivity index (χ0n) is 23.8. The van der Waals surface area contributed by atoms with Crippen LogP contribution in [0.3, 0.4) is 0 Å². The Balaban J connectivity index is 1.66. The molecule has 1 aromatic carbocycles. The molecule has 43 heavy (non-hydrogen) atoms. The van der Waals surface area contributed by atoms with E-state index in [2.05, 4.69) is 48.8 Å². The number of amides is 4. The molecular formula is C30H33BrN6O5S. The number of carbonyl (C=O) groups is 4. The average Bonchev–Trinajstić information content (AvgIpc) is 3.42. The molecule has 0 spiro atoms. The minimum Gasteiger partial charge on any atom is -0.348 e. The SMILES string of the molecule is C=C(NC(=O)Cn1cccc(NC(=O)C(CC/C=C/C(=O)NCc2ccccc2)NC(=O)c2nc(Br)cs2)c1=O)C(C)C. The van der Waals surface area contributed by atoms with Crippen molar-refractivity contribution in [1.82, 2.24) is 25.5 Å². The topological polar surface area (TPSA) is 151 Å². The summed E-state index contributed by atoms with van der Waals surface area (Å²) in [5.74, 6) is -1.90. The summed E-state index contributed by atoms with van der Waals surface area (Å²) in [6.45, 7) is 7.66. The van der Waals surface area contributed by atoms with Crippen LogP contribution in [0.25, 0.3) is 0 Å². The molecule has 1 unspecified atom stereocenters. The van der Waals surface area contributed by atoms with Gasteiger partial charge in [-0.25, -0.2) is 4.98 Å². The molecule has 3 aromatic rings. The second-order valence-electron chi connectivity index (χ2n) is 9.76. The van der Waals surface area contributed by atoms with Crippen LogP contribution in [-0.2, 0) is 27.5 Å². The van der Waals surface area contributed by atoms with E-state index in [-0.39, 0.29) is 41.9 Å². The first-order chi connectivity index (χ1) is 20.5. The third kappa shape index (κ3) is 10.8. The van der Waals surface area contributed by atoms with Crippen LogP contribution in [0.2, 0.25) is 0 Å². The standard InChI is InChI=1S/C30H33BrN6O5S/c1-19(2)20(3)33-26(39)17-37-15-9-13-23(30(37)42)35-27(40)22(34-28(41)29-36-24(31)18-43-29)12-7-8-14-25(38)32-16-21-10-5-4-6-11-21/h4-6,8-11,13-15,18-19,22H,3,7,12,16-17H2,1-2H3,(H,32,38)(H,33,39)(H,34,41)(H,35,40)/b14-8+. The van der Waals surface area contributed by atoms with E-state index >= 15 is 0 Å². The third-order valence-electron chi connectivity index (χ3n) is 6.08. The summed E-state index contributed by atoms with van der Waals surface area (Å²) in [6.07, 6.45) is 4.81. The molecule has 1 atom stereocenters. The molecule has 13 heteroatoms. The molecule has 0 saturated heterocycles. The van der Waals surface area contributed by atoms with Crippen LogP contribution in [0.1, 0.15) is 42.1 Å². The van der Waals surface area contributed by atoms with Crippen LogP contribution < -0.4 is 26.8 Å². The van der Waals surface area contributed by atoms with Crippen molar-refractivity contribution in [1.29, 1.82) is 0 Å². The molecule has 11 nitrogen and oxygen atoms in total. The number of rotatable bonds is 14. The van der Waals surface area contributed by atoms with Crippen molar-refractivity contribution in [2.45, 2.75) is 45.8 Å². The van der Waals surface area contributed by atoms with Gasteiger partial charge in [0.05, 0.1) is 0 Å². The van der Waals surface area contributed by atoms with Crippen molar-refractivity contribution in [3.63, 3.8) is 0 Å². The van der Waals surface area contributed by atoms with Crippen molar-refractivity contribution in [3.8, 4) is 0 Å². The first-order valence-electron chi connectivity index (χ1n) is 13.4. The van der Waals surface area contributed by atoms with E-state index < -0.39 is 29.3 Å². The summed E-state index contributed by atoms with van der Waals surface area (Å²) in [5, 5.41) is 12.5. The number of hydrogen-bond acceptors (Lipinski definition) is 7. The smallest absolute Gasteiger partial charge is 0.280 e. The number of pyridine rings is 1. The largest absolute Gasteiger partial charge is 0.348 e. The second-order valence-corrected chi connectivity index (χ2v) is 11.4.